The number of nitrogens with zero attached hydrogens (tertiary/aromatic N) is 1. The quantitative estimate of drug-likeness (QED) is 0.578. The second-order valence-electron chi connectivity index (χ2n) is 3.45. The second-order valence-corrected chi connectivity index (χ2v) is 3.45. The summed E-state index contributed by atoms with van der Waals surface area (Å²) < 4.78 is 17.9. The molecule has 8 heteroatoms. The van der Waals surface area contributed by atoms with Crippen LogP contribution in [0.25, 0.3) is 0 Å². The Morgan fingerprint density at radius 3 is 2.83 bits per heavy atom. The monoisotopic (exact) mass is 258 g/mol. The molecule has 0 aliphatic rings. The Labute approximate surface area is 101 Å². The zero-order valence-corrected chi connectivity index (χ0v) is 9.21. The summed E-state index contributed by atoms with van der Waals surface area (Å²) in [5.41, 5.74) is 4.83. The summed E-state index contributed by atoms with van der Waals surface area (Å²) in [6, 6.07) is 1.65. The van der Waals surface area contributed by atoms with E-state index in [1.54, 1.807) is 0 Å². The van der Waals surface area contributed by atoms with Crippen molar-refractivity contribution in [3.8, 4) is 5.75 Å². The zero-order valence-electron chi connectivity index (χ0n) is 9.21. The zero-order chi connectivity index (χ0) is 13.7. The number of benzene rings is 1. The summed E-state index contributed by atoms with van der Waals surface area (Å²) in [5, 5.41) is 19.1. The molecule has 3 N–H and O–H groups in total. The standard InChI is InChI=1S/C10H11FN2O5/c11-6-1-2-8(13(16)17)9(5-6)18-4-3-7(12)10(14)15/h1-2,5,7H,3-4,12H2,(H,14,15). The van der Waals surface area contributed by atoms with E-state index in [2.05, 4.69) is 0 Å². The highest BCUT2D eigenvalue weighted by Gasteiger charge is 2.17. The van der Waals surface area contributed by atoms with Crippen LogP contribution in [0, 0.1) is 15.9 Å². The van der Waals surface area contributed by atoms with Crippen molar-refractivity contribution in [3.05, 3.63) is 34.1 Å². The van der Waals surface area contributed by atoms with Crippen molar-refractivity contribution in [3.63, 3.8) is 0 Å². The summed E-state index contributed by atoms with van der Waals surface area (Å²) in [5.74, 6) is -2.14. The van der Waals surface area contributed by atoms with Gasteiger partial charge in [0, 0.05) is 18.6 Å². The maximum Gasteiger partial charge on any atom is 0.320 e. The molecule has 0 saturated heterocycles. The molecule has 0 spiro atoms. The molecule has 0 heterocycles. The molecule has 0 saturated carbocycles. The van der Waals surface area contributed by atoms with Crippen molar-refractivity contribution in [1.82, 2.24) is 0 Å². The predicted molar refractivity (Wildman–Crippen MR) is 58.8 cm³/mol. The van der Waals surface area contributed by atoms with E-state index in [1.807, 2.05) is 0 Å². The summed E-state index contributed by atoms with van der Waals surface area (Å²) >= 11 is 0. The number of nitrogens with two attached hydrogens (primary N) is 1. The average Bonchev–Trinajstić information content (AvgIpc) is 2.28. The molecule has 1 aromatic carbocycles. The van der Waals surface area contributed by atoms with Gasteiger partial charge in [-0.15, -0.1) is 0 Å². The molecule has 1 aromatic rings. The number of halogens is 1. The van der Waals surface area contributed by atoms with E-state index in [4.69, 9.17) is 15.6 Å². The Balaban J connectivity index is 2.69. The minimum atomic E-state index is -1.20. The van der Waals surface area contributed by atoms with Gasteiger partial charge in [0.2, 0.25) is 0 Å². The molecular weight excluding hydrogens is 247 g/mol. The highest BCUT2D eigenvalue weighted by Crippen LogP contribution is 2.27. The van der Waals surface area contributed by atoms with Crippen molar-refractivity contribution in [2.45, 2.75) is 12.5 Å². The van der Waals surface area contributed by atoms with Gasteiger partial charge in [-0.1, -0.05) is 0 Å². The lowest BCUT2D eigenvalue weighted by Gasteiger charge is -2.08. The lowest BCUT2D eigenvalue weighted by molar-refractivity contribution is -0.385. The first-order valence-corrected chi connectivity index (χ1v) is 4.97. The highest BCUT2D eigenvalue weighted by molar-refractivity contribution is 5.72. The Kier molecular flexibility index (Phi) is 4.55. The van der Waals surface area contributed by atoms with E-state index in [-0.39, 0.29) is 24.5 Å². The molecule has 0 aliphatic carbocycles. The molecule has 0 fully saturated rings. The van der Waals surface area contributed by atoms with Gasteiger partial charge in [0.1, 0.15) is 11.9 Å². The van der Waals surface area contributed by atoms with E-state index in [0.717, 1.165) is 18.2 Å². The van der Waals surface area contributed by atoms with E-state index in [9.17, 15) is 19.3 Å². The van der Waals surface area contributed by atoms with Gasteiger partial charge < -0.3 is 15.6 Å². The molecule has 1 rings (SSSR count). The number of carbonyl (C=O) groups is 1. The van der Waals surface area contributed by atoms with Crippen LogP contribution in [0.2, 0.25) is 0 Å². The molecule has 0 aromatic heterocycles. The van der Waals surface area contributed by atoms with Gasteiger partial charge in [-0.05, 0) is 6.07 Å². The maximum absolute atomic E-state index is 12.9. The third kappa shape index (κ3) is 3.67. The molecule has 18 heavy (non-hydrogen) atoms. The lowest BCUT2D eigenvalue weighted by Crippen LogP contribution is -2.31. The van der Waals surface area contributed by atoms with Crippen LogP contribution in [0.3, 0.4) is 0 Å². The molecule has 98 valence electrons. The van der Waals surface area contributed by atoms with Crippen molar-refractivity contribution < 1.29 is 24.0 Å². The second kappa shape index (κ2) is 5.92. The summed E-state index contributed by atoms with van der Waals surface area (Å²) in [7, 11) is 0. The molecular formula is C10H11FN2O5. The molecule has 0 aliphatic heterocycles. The van der Waals surface area contributed by atoms with Crippen LogP contribution in [-0.4, -0.2) is 28.6 Å². The number of carboxylic acids is 1. The van der Waals surface area contributed by atoms with Gasteiger partial charge >= 0.3 is 11.7 Å². The molecule has 0 amide bonds. The van der Waals surface area contributed by atoms with Crippen LogP contribution in [-0.2, 0) is 4.79 Å². The number of carboxylic acid groups (broad SMARTS) is 1. The topological polar surface area (TPSA) is 116 Å². The molecule has 1 atom stereocenters. The van der Waals surface area contributed by atoms with Gasteiger partial charge in [-0.3, -0.25) is 14.9 Å². The van der Waals surface area contributed by atoms with Crippen molar-refractivity contribution in [2.24, 2.45) is 5.73 Å². The first-order chi connectivity index (χ1) is 8.41. The smallest absolute Gasteiger partial charge is 0.320 e. The number of ether oxygens (including phenoxy) is 1. The number of aliphatic carboxylic acids is 1. The van der Waals surface area contributed by atoms with Gasteiger partial charge in [0.15, 0.2) is 5.75 Å². The molecule has 0 radical (unpaired) electrons. The maximum atomic E-state index is 12.9. The van der Waals surface area contributed by atoms with Gasteiger partial charge in [-0.2, -0.15) is 0 Å². The van der Waals surface area contributed by atoms with Crippen molar-refractivity contribution in [2.75, 3.05) is 6.61 Å². The van der Waals surface area contributed by atoms with E-state index in [0.29, 0.717) is 0 Å². The van der Waals surface area contributed by atoms with Crippen molar-refractivity contribution in [1.29, 1.82) is 0 Å². The minimum absolute atomic E-state index is 0.0387. The Morgan fingerprint density at radius 2 is 2.28 bits per heavy atom. The summed E-state index contributed by atoms with van der Waals surface area (Å²) in [4.78, 5) is 20.3. The van der Waals surface area contributed by atoms with Gasteiger partial charge in [0.25, 0.3) is 0 Å². The molecule has 7 nitrogen and oxygen atoms in total. The normalized spacial score (nSPS) is 11.9. The van der Waals surface area contributed by atoms with E-state index < -0.39 is 22.8 Å². The predicted octanol–water partition coefficient (Wildman–Crippen LogP) is 0.915. The van der Waals surface area contributed by atoms with Crippen LogP contribution in [0.15, 0.2) is 18.2 Å². The molecule has 0 bridgehead atoms. The first kappa shape index (κ1) is 13.8. The van der Waals surface area contributed by atoms with Gasteiger partial charge in [0.05, 0.1) is 11.5 Å². The largest absolute Gasteiger partial charge is 0.487 e. The average molecular weight is 258 g/mol. The Morgan fingerprint density at radius 1 is 1.61 bits per heavy atom. The highest BCUT2D eigenvalue weighted by atomic mass is 19.1. The Hall–Kier alpha value is -2.22. The summed E-state index contributed by atoms with van der Waals surface area (Å²) in [6.45, 7) is -0.155. The van der Waals surface area contributed by atoms with Crippen LogP contribution in [0.5, 0.6) is 5.75 Å². The fourth-order valence-electron chi connectivity index (χ4n) is 1.17. The number of rotatable bonds is 6. The fourth-order valence-corrected chi connectivity index (χ4v) is 1.17. The van der Waals surface area contributed by atoms with Gasteiger partial charge in [-0.25, -0.2) is 4.39 Å². The fraction of sp³-hybridized carbons (Fsp3) is 0.300. The van der Waals surface area contributed by atoms with E-state index in [1.165, 1.54) is 0 Å². The minimum Gasteiger partial charge on any atom is -0.487 e. The van der Waals surface area contributed by atoms with Crippen molar-refractivity contribution >= 4 is 11.7 Å². The number of nitro groups is 1. The number of nitro benzene ring substituents is 1. The van der Waals surface area contributed by atoms with Crippen LogP contribution < -0.4 is 10.5 Å². The third-order valence-corrected chi connectivity index (χ3v) is 2.12. The third-order valence-electron chi connectivity index (χ3n) is 2.12. The summed E-state index contributed by atoms with van der Waals surface area (Å²) in [6.07, 6.45) is -0.0387. The SMILES string of the molecule is NC(CCOc1cc(F)ccc1[N+](=O)[O-])C(=O)O. The number of hydrogen-bond acceptors (Lipinski definition) is 5. The first-order valence-electron chi connectivity index (χ1n) is 4.97. The van der Waals surface area contributed by atoms with Crippen LogP contribution in [0.4, 0.5) is 10.1 Å². The lowest BCUT2D eigenvalue weighted by atomic mass is 10.2. The Bertz CT molecular complexity index is 466. The van der Waals surface area contributed by atoms with Crippen LogP contribution in [0.1, 0.15) is 6.42 Å². The molecule has 1 unspecified atom stereocenters. The number of hydrogen-bond donors (Lipinski definition) is 2. The van der Waals surface area contributed by atoms with E-state index >= 15 is 0 Å². The van der Waals surface area contributed by atoms with Crippen LogP contribution >= 0.6 is 0 Å².